The Hall–Kier alpha value is -4.36. The number of hydrogen-bond donors (Lipinski definition) is 2. The number of amides is 3. The van der Waals surface area contributed by atoms with Crippen molar-refractivity contribution in [1.29, 1.82) is 0 Å². The van der Waals surface area contributed by atoms with Crippen LogP contribution in [-0.4, -0.2) is 43.6 Å². The van der Waals surface area contributed by atoms with Crippen LogP contribution >= 0.6 is 24.0 Å². The van der Waals surface area contributed by atoms with Crippen molar-refractivity contribution >= 4 is 53.2 Å². The average molecular weight is 509 g/mol. The van der Waals surface area contributed by atoms with Gasteiger partial charge in [-0.05, 0) is 65.9 Å². The summed E-state index contributed by atoms with van der Waals surface area (Å²) in [6.07, 6.45) is 3.91. The average Bonchev–Trinajstić information content (AvgIpc) is 3.35. The van der Waals surface area contributed by atoms with E-state index in [0.717, 1.165) is 11.8 Å². The van der Waals surface area contributed by atoms with Gasteiger partial charge in [0.15, 0.2) is 0 Å². The van der Waals surface area contributed by atoms with Crippen LogP contribution in [0, 0.1) is 4.77 Å². The summed E-state index contributed by atoms with van der Waals surface area (Å²) in [7, 11) is 0. The molecule has 1 saturated heterocycles. The third-order valence-electron chi connectivity index (χ3n) is 4.45. The first-order chi connectivity index (χ1) is 16.9. The Bertz CT molecular complexity index is 1410. The SMILES string of the molecule is O=C(Cn1ncn(-c2ccccc2)c1=S)N/N=C\c1ccc(OC(=O)/C=C2/SC(=O)NC2=O)cc1. The van der Waals surface area contributed by atoms with Gasteiger partial charge in [-0.3, -0.25) is 24.3 Å². The maximum Gasteiger partial charge on any atom is 0.337 e. The summed E-state index contributed by atoms with van der Waals surface area (Å²) in [4.78, 5) is 46.7. The predicted molar refractivity (Wildman–Crippen MR) is 129 cm³/mol. The maximum atomic E-state index is 12.2. The standard InChI is InChI=1S/C22H16N6O5S2/c29-18(12-28-22(34)27(13-24-28)15-4-2-1-3-5-15)26-23-11-14-6-8-16(9-7-14)33-19(30)10-17-20(31)25-21(32)35-17/h1-11,13H,12H2,(H,26,29)(H,25,31,32)/b17-10+,23-11-. The fourth-order valence-corrected chi connectivity index (χ4v) is 3.76. The number of hydrogen-bond acceptors (Lipinski definition) is 9. The molecule has 0 saturated carbocycles. The van der Waals surface area contributed by atoms with Crippen LogP contribution in [0.1, 0.15) is 5.56 Å². The Kier molecular flexibility index (Phi) is 7.28. The van der Waals surface area contributed by atoms with E-state index in [-0.39, 0.29) is 17.2 Å². The van der Waals surface area contributed by atoms with Crippen LogP contribution in [-0.2, 0) is 20.9 Å². The number of carbonyl (C=O) groups excluding carboxylic acids is 4. The molecular formula is C22H16N6O5S2. The number of aromatic nitrogens is 3. The zero-order valence-corrected chi connectivity index (χ0v) is 19.4. The second-order valence-corrected chi connectivity index (χ2v) is 8.29. The molecule has 0 radical (unpaired) electrons. The van der Waals surface area contributed by atoms with Crippen molar-refractivity contribution in [3.63, 3.8) is 0 Å². The number of para-hydroxylation sites is 1. The predicted octanol–water partition coefficient (Wildman–Crippen LogP) is 2.33. The van der Waals surface area contributed by atoms with Crippen molar-refractivity contribution in [2.45, 2.75) is 6.54 Å². The second-order valence-electron chi connectivity index (χ2n) is 6.91. The maximum absolute atomic E-state index is 12.2. The smallest absolute Gasteiger partial charge is 0.337 e. The van der Waals surface area contributed by atoms with Crippen LogP contribution in [0.3, 0.4) is 0 Å². The van der Waals surface area contributed by atoms with E-state index in [0.29, 0.717) is 22.1 Å². The van der Waals surface area contributed by atoms with Crippen molar-refractivity contribution in [2.75, 3.05) is 0 Å². The Morgan fingerprint density at radius 1 is 1.14 bits per heavy atom. The van der Waals surface area contributed by atoms with Gasteiger partial charge in [-0.1, -0.05) is 18.2 Å². The van der Waals surface area contributed by atoms with Crippen LogP contribution in [0.2, 0.25) is 0 Å². The summed E-state index contributed by atoms with van der Waals surface area (Å²) >= 11 is 6.00. The number of benzene rings is 2. The Balaban J connectivity index is 1.29. The van der Waals surface area contributed by atoms with E-state index in [9.17, 15) is 19.2 Å². The molecule has 0 unspecified atom stereocenters. The Labute approximate surface area is 207 Å². The summed E-state index contributed by atoms with van der Waals surface area (Å²) in [5.74, 6) is -1.62. The van der Waals surface area contributed by atoms with Gasteiger partial charge in [0.25, 0.3) is 17.1 Å². The van der Waals surface area contributed by atoms with Gasteiger partial charge in [0.05, 0.1) is 11.1 Å². The lowest BCUT2D eigenvalue weighted by atomic mass is 10.2. The van der Waals surface area contributed by atoms with Gasteiger partial charge in [0.2, 0.25) is 4.77 Å². The molecule has 4 rings (SSSR count). The summed E-state index contributed by atoms with van der Waals surface area (Å²) in [5, 5.41) is 9.55. The lowest BCUT2D eigenvalue weighted by Gasteiger charge is -2.03. The molecule has 35 heavy (non-hydrogen) atoms. The van der Waals surface area contributed by atoms with Crippen LogP contribution in [0.15, 0.2) is 77.0 Å². The van der Waals surface area contributed by atoms with E-state index >= 15 is 0 Å². The minimum absolute atomic E-state index is 0.0346. The molecule has 3 amide bonds. The fraction of sp³-hybridized carbons (Fsp3) is 0.0455. The molecule has 1 aliphatic heterocycles. The van der Waals surface area contributed by atoms with Crippen molar-refractivity contribution in [3.8, 4) is 11.4 Å². The minimum Gasteiger partial charge on any atom is -0.423 e. The number of rotatable bonds is 7. The van der Waals surface area contributed by atoms with E-state index in [4.69, 9.17) is 17.0 Å². The highest BCUT2D eigenvalue weighted by Crippen LogP contribution is 2.23. The number of hydrazone groups is 1. The van der Waals surface area contributed by atoms with Crippen molar-refractivity contribution in [3.05, 3.63) is 82.2 Å². The number of nitrogens with zero attached hydrogens (tertiary/aromatic N) is 4. The first-order valence-electron chi connectivity index (χ1n) is 9.97. The van der Waals surface area contributed by atoms with Crippen molar-refractivity contribution in [2.24, 2.45) is 5.10 Å². The normalized spacial score (nSPS) is 14.3. The minimum atomic E-state index is -0.792. The molecule has 176 valence electrons. The molecule has 11 nitrogen and oxygen atoms in total. The molecule has 0 aliphatic carbocycles. The molecule has 2 aromatic carbocycles. The third kappa shape index (κ3) is 6.16. The largest absolute Gasteiger partial charge is 0.423 e. The van der Waals surface area contributed by atoms with E-state index in [1.54, 1.807) is 23.0 Å². The molecule has 0 bridgehead atoms. The number of esters is 1. The van der Waals surface area contributed by atoms with Gasteiger partial charge in [-0.2, -0.15) is 10.2 Å². The highest BCUT2D eigenvalue weighted by atomic mass is 32.2. The monoisotopic (exact) mass is 508 g/mol. The topological polar surface area (TPSA) is 137 Å². The summed E-state index contributed by atoms with van der Waals surface area (Å²) < 4.78 is 8.56. The molecule has 2 N–H and O–H groups in total. The van der Waals surface area contributed by atoms with Gasteiger partial charge >= 0.3 is 5.97 Å². The Morgan fingerprint density at radius 3 is 2.57 bits per heavy atom. The number of ether oxygens (including phenoxy) is 1. The van der Waals surface area contributed by atoms with Crippen molar-refractivity contribution in [1.82, 2.24) is 25.1 Å². The molecule has 0 atom stereocenters. The molecular weight excluding hydrogens is 492 g/mol. The quantitative estimate of drug-likeness (QED) is 0.124. The van der Waals surface area contributed by atoms with Crippen LogP contribution in [0.5, 0.6) is 5.75 Å². The van der Waals surface area contributed by atoms with E-state index in [1.165, 1.54) is 23.0 Å². The number of thioether (sulfide) groups is 1. The highest BCUT2D eigenvalue weighted by molar-refractivity contribution is 8.18. The van der Waals surface area contributed by atoms with Crippen LogP contribution < -0.4 is 15.5 Å². The molecule has 1 aliphatic rings. The zero-order chi connectivity index (χ0) is 24.8. The van der Waals surface area contributed by atoms with E-state index in [1.807, 2.05) is 35.6 Å². The molecule has 3 aromatic rings. The highest BCUT2D eigenvalue weighted by Gasteiger charge is 2.26. The first kappa shape index (κ1) is 23.8. The zero-order valence-electron chi connectivity index (χ0n) is 17.8. The number of carbonyl (C=O) groups is 4. The number of nitrogens with one attached hydrogen (secondary N) is 2. The fourth-order valence-electron chi connectivity index (χ4n) is 2.86. The van der Waals surface area contributed by atoms with Gasteiger partial charge in [0.1, 0.15) is 18.6 Å². The molecule has 1 fully saturated rings. The van der Waals surface area contributed by atoms with Gasteiger partial charge in [-0.15, -0.1) is 0 Å². The lowest BCUT2D eigenvalue weighted by Crippen LogP contribution is -2.24. The summed E-state index contributed by atoms with van der Waals surface area (Å²) in [6.45, 7) is -0.109. The van der Waals surface area contributed by atoms with Gasteiger partial charge in [-0.25, -0.2) is 14.9 Å². The van der Waals surface area contributed by atoms with Crippen LogP contribution in [0.25, 0.3) is 5.69 Å². The first-order valence-corrected chi connectivity index (χ1v) is 11.2. The van der Waals surface area contributed by atoms with Gasteiger partial charge < -0.3 is 4.74 Å². The molecule has 13 heteroatoms. The van der Waals surface area contributed by atoms with Crippen LogP contribution in [0.4, 0.5) is 4.79 Å². The lowest BCUT2D eigenvalue weighted by molar-refractivity contribution is -0.129. The van der Waals surface area contributed by atoms with E-state index < -0.39 is 23.0 Å². The number of imide groups is 1. The molecule has 1 aromatic heterocycles. The Morgan fingerprint density at radius 2 is 1.89 bits per heavy atom. The van der Waals surface area contributed by atoms with E-state index in [2.05, 4.69) is 15.6 Å². The molecule has 2 heterocycles. The summed E-state index contributed by atoms with van der Waals surface area (Å²) in [6, 6.07) is 15.7. The molecule has 0 spiro atoms. The second kappa shape index (κ2) is 10.7. The van der Waals surface area contributed by atoms with Gasteiger partial charge in [0, 0.05) is 11.8 Å². The summed E-state index contributed by atoms with van der Waals surface area (Å²) in [5.41, 5.74) is 3.87. The van der Waals surface area contributed by atoms with Crippen molar-refractivity contribution < 1.29 is 23.9 Å². The third-order valence-corrected chi connectivity index (χ3v) is 5.67.